The van der Waals surface area contributed by atoms with Crippen LogP contribution in [0.15, 0.2) is 0 Å². The number of nitrogens with one attached hydrogen (secondary N) is 1. The average molecular weight is 214 g/mol. The van der Waals surface area contributed by atoms with Crippen molar-refractivity contribution in [3.05, 3.63) is 0 Å². The van der Waals surface area contributed by atoms with Gasteiger partial charge in [0.05, 0.1) is 0 Å². The van der Waals surface area contributed by atoms with Gasteiger partial charge in [0.2, 0.25) is 0 Å². The number of likely N-dealkylation sites (tertiary alicyclic amines) is 1. The molecule has 1 atom stereocenters. The fourth-order valence-electron chi connectivity index (χ4n) is 2.19. The molecule has 0 spiro atoms. The lowest BCUT2D eigenvalue weighted by molar-refractivity contribution is 0.191. The lowest BCUT2D eigenvalue weighted by atomic mass is 10.1. The van der Waals surface area contributed by atoms with Crippen LogP contribution < -0.4 is 5.32 Å². The van der Waals surface area contributed by atoms with Gasteiger partial charge in [0.25, 0.3) is 0 Å². The molecule has 1 N–H and O–H groups in total. The van der Waals surface area contributed by atoms with Gasteiger partial charge in [-0.3, -0.25) is 0 Å². The Morgan fingerprint density at radius 3 is 2.93 bits per heavy atom. The second-order valence-electron chi connectivity index (χ2n) is 4.61. The van der Waals surface area contributed by atoms with Crippen LogP contribution in [0, 0.1) is 0 Å². The fraction of sp³-hybridized carbons (Fsp3) is 1.00. The first-order chi connectivity index (χ1) is 7.33. The largest absolute Gasteiger partial charge is 0.385 e. The SMILES string of the molecule is COCCCCCNC1CCCN(C)C1. The van der Waals surface area contributed by atoms with E-state index < -0.39 is 0 Å². The molecular formula is C12H26N2O. The van der Waals surface area contributed by atoms with Crippen molar-refractivity contribution in [1.29, 1.82) is 0 Å². The fourth-order valence-corrected chi connectivity index (χ4v) is 2.19. The topological polar surface area (TPSA) is 24.5 Å². The van der Waals surface area contributed by atoms with Gasteiger partial charge >= 0.3 is 0 Å². The van der Waals surface area contributed by atoms with Gasteiger partial charge in [-0.1, -0.05) is 0 Å². The summed E-state index contributed by atoms with van der Waals surface area (Å²) in [7, 11) is 3.99. The number of ether oxygens (including phenoxy) is 1. The third-order valence-electron chi connectivity index (χ3n) is 3.08. The van der Waals surface area contributed by atoms with E-state index in [0.29, 0.717) is 0 Å². The van der Waals surface area contributed by atoms with Crippen LogP contribution in [0.1, 0.15) is 32.1 Å². The first kappa shape index (κ1) is 12.9. The zero-order chi connectivity index (χ0) is 10.9. The predicted molar refractivity (Wildman–Crippen MR) is 64.2 cm³/mol. The quantitative estimate of drug-likeness (QED) is 0.650. The molecular weight excluding hydrogens is 188 g/mol. The van der Waals surface area contributed by atoms with E-state index in [1.807, 2.05) is 0 Å². The summed E-state index contributed by atoms with van der Waals surface area (Å²) in [6, 6.07) is 0.728. The van der Waals surface area contributed by atoms with Gasteiger partial charge in [-0.25, -0.2) is 0 Å². The highest BCUT2D eigenvalue weighted by Crippen LogP contribution is 2.07. The second kappa shape index (κ2) is 8.08. The van der Waals surface area contributed by atoms with Crippen LogP contribution in [0.25, 0.3) is 0 Å². The zero-order valence-corrected chi connectivity index (χ0v) is 10.3. The van der Waals surface area contributed by atoms with Crippen molar-refractivity contribution < 1.29 is 4.74 Å². The molecule has 1 fully saturated rings. The van der Waals surface area contributed by atoms with E-state index in [-0.39, 0.29) is 0 Å². The summed E-state index contributed by atoms with van der Waals surface area (Å²) in [5.74, 6) is 0. The van der Waals surface area contributed by atoms with Gasteiger partial charge in [-0.15, -0.1) is 0 Å². The summed E-state index contributed by atoms with van der Waals surface area (Å²) in [5, 5.41) is 3.65. The number of nitrogens with zero attached hydrogens (tertiary/aromatic N) is 1. The highest BCUT2D eigenvalue weighted by atomic mass is 16.5. The summed E-state index contributed by atoms with van der Waals surface area (Å²) in [6.07, 6.45) is 6.45. The summed E-state index contributed by atoms with van der Waals surface area (Å²) in [4.78, 5) is 2.42. The van der Waals surface area contributed by atoms with Gasteiger partial charge in [0.15, 0.2) is 0 Å². The van der Waals surface area contributed by atoms with E-state index in [1.165, 1.54) is 51.7 Å². The summed E-state index contributed by atoms with van der Waals surface area (Å²) in [5.41, 5.74) is 0. The molecule has 0 aromatic heterocycles. The maximum Gasteiger partial charge on any atom is 0.0462 e. The van der Waals surface area contributed by atoms with Crippen molar-refractivity contribution in [2.24, 2.45) is 0 Å². The highest BCUT2D eigenvalue weighted by Gasteiger charge is 2.15. The van der Waals surface area contributed by atoms with E-state index >= 15 is 0 Å². The molecule has 1 rings (SSSR count). The molecule has 1 heterocycles. The zero-order valence-electron chi connectivity index (χ0n) is 10.3. The van der Waals surface area contributed by atoms with Crippen LogP contribution in [-0.4, -0.2) is 51.3 Å². The number of likely N-dealkylation sites (N-methyl/N-ethyl adjacent to an activating group) is 1. The molecule has 1 aliphatic rings. The highest BCUT2D eigenvalue weighted by molar-refractivity contribution is 4.75. The third kappa shape index (κ3) is 6.13. The van der Waals surface area contributed by atoms with Gasteiger partial charge < -0.3 is 15.0 Å². The van der Waals surface area contributed by atoms with Gasteiger partial charge in [-0.2, -0.15) is 0 Å². The molecule has 0 aromatic carbocycles. The molecule has 90 valence electrons. The Bertz CT molecular complexity index is 153. The van der Waals surface area contributed by atoms with Crippen molar-refractivity contribution in [3.8, 4) is 0 Å². The lowest BCUT2D eigenvalue weighted by Gasteiger charge is -2.30. The second-order valence-corrected chi connectivity index (χ2v) is 4.61. The standard InChI is InChI=1S/C12H26N2O/c1-14-9-6-7-12(11-14)13-8-4-3-5-10-15-2/h12-13H,3-11H2,1-2H3. The smallest absolute Gasteiger partial charge is 0.0462 e. The normalized spacial score (nSPS) is 23.2. The molecule has 1 aliphatic heterocycles. The van der Waals surface area contributed by atoms with Gasteiger partial charge in [0, 0.05) is 26.3 Å². The molecule has 3 heteroatoms. The van der Waals surface area contributed by atoms with Crippen LogP contribution in [0.2, 0.25) is 0 Å². The van der Waals surface area contributed by atoms with Crippen LogP contribution in [0.3, 0.4) is 0 Å². The lowest BCUT2D eigenvalue weighted by Crippen LogP contribution is -2.44. The van der Waals surface area contributed by atoms with E-state index in [9.17, 15) is 0 Å². The Hall–Kier alpha value is -0.120. The minimum absolute atomic E-state index is 0.728. The van der Waals surface area contributed by atoms with Gasteiger partial charge in [-0.05, 0) is 52.2 Å². The molecule has 0 saturated carbocycles. The number of hydrogen-bond donors (Lipinski definition) is 1. The van der Waals surface area contributed by atoms with Crippen molar-refractivity contribution >= 4 is 0 Å². The Morgan fingerprint density at radius 1 is 1.33 bits per heavy atom. The molecule has 1 unspecified atom stereocenters. The molecule has 1 saturated heterocycles. The predicted octanol–water partition coefficient (Wildman–Crippen LogP) is 1.49. The number of rotatable bonds is 7. The van der Waals surface area contributed by atoms with E-state index in [4.69, 9.17) is 4.74 Å². The van der Waals surface area contributed by atoms with E-state index in [1.54, 1.807) is 7.11 Å². The van der Waals surface area contributed by atoms with E-state index in [2.05, 4.69) is 17.3 Å². The van der Waals surface area contributed by atoms with Crippen molar-refractivity contribution in [1.82, 2.24) is 10.2 Å². The maximum atomic E-state index is 5.03. The summed E-state index contributed by atoms with van der Waals surface area (Å²) >= 11 is 0. The Labute approximate surface area is 94.2 Å². The number of hydrogen-bond acceptors (Lipinski definition) is 3. The Balaban J connectivity index is 1.90. The minimum Gasteiger partial charge on any atom is -0.385 e. The minimum atomic E-state index is 0.728. The summed E-state index contributed by atoms with van der Waals surface area (Å²) < 4.78 is 5.03. The summed E-state index contributed by atoms with van der Waals surface area (Å²) in [6.45, 7) is 4.57. The van der Waals surface area contributed by atoms with Gasteiger partial charge in [0.1, 0.15) is 0 Å². The van der Waals surface area contributed by atoms with Crippen molar-refractivity contribution in [2.75, 3.05) is 40.4 Å². The van der Waals surface area contributed by atoms with Crippen LogP contribution >= 0.6 is 0 Å². The molecule has 0 radical (unpaired) electrons. The van der Waals surface area contributed by atoms with Crippen LogP contribution in [-0.2, 0) is 4.74 Å². The van der Waals surface area contributed by atoms with Crippen molar-refractivity contribution in [3.63, 3.8) is 0 Å². The molecule has 0 bridgehead atoms. The Morgan fingerprint density at radius 2 is 2.20 bits per heavy atom. The molecule has 0 amide bonds. The molecule has 3 nitrogen and oxygen atoms in total. The first-order valence-corrected chi connectivity index (χ1v) is 6.24. The third-order valence-corrected chi connectivity index (χ3v) is 3.08. The number of piperidine rings is 1. The molecule has 15 heavy (non-hydrogen) atoms. The first-order valence-electron chi connectivity index (χ1n) is 6.24. The molecule has 0 aliphatic carbocycles. The monoisotopic (exact) mass is 214 g/mol. The number of unbranched alkanes of at least 4 members (excludes halogenated alkanes) is 2. The number of methoxy groups -OCH3 is 1. The maximum absolute atomic E-state index is 5.03. The van der Waals surface area contributed by atoms with E-state index in [0.717, 1.165) is 12.6 Å². The molecule has 0 aromatic rings. The van der Waals surface area contributed by atoms with Crippen LogP contribution in [0.4, 0.5) is 0 Å². The average Bonchev–Trinajstić information content (AvgIpc) is 2.23. The van der Waals surface area contributed by atoms with Crippen LogP contribution in [0.5, 0.6) is 0 Å². The van der Waals surface area contributed by atoms with Crippen molar-refractivity contribution in [2.45, 2.75) is 38.1 Å². The Kier molecular flexibility index (Phi) is 6.98.